The van der Waals surface area contributed by atoms with Crippen LogP contribution in [0.15, 0.2) is 24.3 Å². The number of carbonyl (C=O) groups excluding carboxylic acids is 1. The summed E-state index contributed by atoms with van der Waals surface area (Å²) in [6.45, 7) is 4.83. The van der Waals surface area contributed by atoms with Gasteiger partial charge in [0.05, 0.1) is 5.92 Å². The van der Waals surface area contributed by atoms with Crippen molar-refractivity contribution in [3.8, 4) is 0 Å². The van der Waals surface area contributed by atoms with E-state index in [4.69, 9.17) is 0 Å². The Morgan fingerprint density at radius 1 is 1.25 bits per heavy atom. The van der Waals surface area contributed by atoms with Crippen molar-refractivity contribution < 1.29 is 4.79 Å². The SMILES string of the molecule is O=C(NCCN1CCCCC1)C1CNc2ccccc21. The van der Waals surface area contributed by atoms with Gasteiger partial charge in [0, 0.05) is 25.3 Å². The lowest BCUT2D eigenvalue weighted by atomic mass is 10.0. The third-order valence-corrected chi connectivity index (χ3v) is 4.33. The van der Waals surface area contributed by atoms with E-state index in [1.54, 1.807) is 0 Å². The monoisotopic (exact) mass is 273 g/mol. The summed E-state index contributed by atoms with van der Waals surface area (Å²) in [5.74, 6) is 0.118. The van der Waals surface area contributed by atoms with Crippen LogP contribution in [0.25, 0.3) is 0 Å². The maximum Gasteiger partial charge on any atom is 0.229 e. The fourth-order valence-electron chi connectivity index (χ4n) is 3.16. The number of nitrogens with zero attached hydrogens (tertiary/aromatic N) is 1. The van der Waals surface area contributed by atoms with Gasteiger partial charge in [-0.1, -0.05) is 24.6 Å². The third kappa shape index (κ3) is 2.96. The summed E-state index contributed by atoms with van der Waals surface area (Å²) in [4.78, 5) is 14.7. The van der Waals surface area contributed by atoms with E-state index in [-0.39, 0.29) is 11.8 Å². The van der Waals surface area contributed by atoms with Gasteiger partial charge in [-0.2, -0.15) is 0 Å². The van der Waals surface area contributed by atoms with Gasteiger partial charge in [0.2, 0.25) is 5.91 Å². The average Bonchev–Trinajstić information content (AvgIpc) is 2.92. The molecule has 0 bridgehead atoms. The van der Waals surface area contributed by atoms with Crippen molar-refractivity contribution in [2.75, 3.05) is 38.0 Å². The minimum atomic E-state index is -0.0347. The van der Waals surface area contributed by atoms with E-state index in [2.05, 4.69) is 15.5 Å². The van der Waals surface area contributed by atoms with Crippen LogP contribution in [0.3, 0.4) is 0 Å². The van der Waals surface area contributed by atoms with Crippen LogP contribution in [0.2, 0.25) is 0 Å². The third-order valence-electron chi connectivity index (χ3n) is 4.33. The highest BCUT2D eigenvalue weighted by Gasteiger charge is 2.27. The van der Waals surface area contributed by atoms with E-state index in [0.717, 1.165) is 30.9 Å². The molecule has 1 saturated heterocycles. The standard InChI is InChI=1S/C16H23N3O/c20-16(17-8-11-19-9-4-1-5-10-19)14-12-18-15-7-3-2-6-13(14)15/h2-3,6-7,14,18H,1,4-5,8-12H2,(H,17,20). The molecule has 2 heterocycles. The predicted molar refractivity (Wildman–Crippen MR) is 81.0 cm³/mol. The minimum Gasteiger partial charge on any atom is -0.384 e. The lowest BCUT2D eigenvalue weighted by Crippen LogP contribution is -2.39. The summed E-state index contributed by atoms with van der Waals surface area (Å²) in [6, 6.07) is 8.09. The van der Waals surface area contributed by atoms with Crippen LogP contribution in [0.1, 0.15) is 30.7 Å². The Hall–Kier alpha value is -1.55. The average molecular weight is 273 g/mol. The fourth-order valence-corrected chi connectivity index (χ4v) is 3.16. The van der Waals surface area contributed by atoms with Crippen LogP contribution < -0.4 is 10.6 Å². The number of carbonyl (C=O) groups is 1. The molecule has 0 radical (unpaired) electrons. The number of piperidine rings is 1. The number of anilines is 1. The number of rotatable bonds is 4. The van der Waals surface area contributed by atoms with Crippen molar-refractivity contribution in [2.24, 2.45) is 0 Å². The first-order valence-electron chi connectivity index (χ1n) is 7.67. The van der Waals surface area contributed by atoms with Crippen molar-refractivity contribution in [3.63, 3.8) is 0 Å². The lowest BCUT2D eigenvalue weighted by molar-refractivity contribution is -0.122. The van der Waals surface area contributed by atoms with Crippen molar-refractivity contribution in [2.45, 2.75) is 25.2 Å². The highest BCUT2D eigenvalue weighted by molar-refractivity contribution is 5.88. The molecule has 2 aliphatic heterocycles. The van der Waals surface area contributed by atoms with Crippen LogP contribution >= 0.6 is 0 Å². The van der Waals surface area contributed by atoms with Gasteiger partial charge >= 0.3 is 0 Å². The van der Waals surface area contributed by atoms with Gasteiger partial charge in [-0.25, -0.2) is 0 Å². The summed E-state index contributed by atoms with van der Waals surface area (Å²) in [6.07, 6.45) is 3.95. The number of likely N-dealkylation sites (tertiary alicyclic amines) is 1. The smallest absolute Gasteiger partial charge is 0.229 e. The molecular formula is C16H23N3O. The zero-order valence-electron chi connectivity index (χ0n) is 11.9. The van der Waals surface area contributed by atoms with Gasteiger partial charge < -0.3 is 15.5 Å². The molecule has 0 aromatic heterocycles. The number of hydrogen-bond acceptors (Lipinski definition) is 3. The normalized spacial score (nSPS) is 22.1. The molecule has 0 aliphatic carbocycles. The molecule has 1 aromatic rings. The van der Waals surface area contributed by atoms with E-state index < -0.39 is 0 Å². The quantitative estimate of drug-likeness (QED) is 0.879. The van der Waals surface area contributed by atoms with Gasteiger partial charge in [-0.3, -0.25) is 4.79 Å². The van der Waals surface area contributed by atoms with E-state index in [1.165, 1.54) is 32.4 Å². The van der Waals surface area contributed by atoms with Gasteiger partial charge in [0.1, 0.15) is 0 Å². The molecule has 2 N–H and O–H groups in total. The Morgan fingerprint density at radius 2 is 2.05 bits per heavy atom. The van der Waals surface area contributed by atoms with E-state index in [0.29, 0.717) is 0 Å². The molecule has 3 rings (SSSR count). The van der Waals surface area contributed by atoms with Crippen molar-refractivity contribution in [3.05, 3.63) is 29.8 Å². The number of amides is 1. The number of benzene rings is 1. The predicted octanol–water partition coefficient (Wildman–Crippen LogP) is 1.80. The van der Waals surface area contributed by atoms with Crippen LogP contribution in [0, 0.1) is 0 Å². The van der Waals surface area contributed by atoms with E-state index in [9.17, 15) is 4.79 Å². The van der Waals surface area contributed by atoms with E-state index in [1.807, 2.05) is 24.3 Å². The Bertz CT molecular complexity index is 469. The summed E-state index contributed by atoms with van der Waals surface area (Å²) in [5, 5.41) is 6.39. The number of para-hydroxylation sites is 1. The highest BCUT2D eigenvalue weighted by atomic mass is 16.1. The highest BCUT2D eigenvalue weighted by Crippen LogP contribution is 2.30. The first-order valence-corrected chi connectivity index (χ1v) is 7.67. The molecule has 108 valence electrons. The molecule has 1 unspecified atom stereocenters. The van der Waals surface area contributed by atoms with Crippen LogP contribution in [0.5, 0.6) is 0 Å². The maximum atomic E-state index is 12.3. The molecule has 4 nitrogen and oxygen atoms in total. The maximum absolute atomic E-state index is 12.3. The first kappa shape index (κ1) is 13.4. The molecule has 20 heavy (non-hydrogen) atoms. The van der Waals surface area contributed by atoms with E-state index >= 15 is 0 Å². The first-order chi connectivity index (χ1) is 9.84. The second-order valence-corrected chi connectivity index (χ2v) is 5.71. The van der Waals surface area contributed by atoms with Crippen LogP contribution in [-0.2, 0) is 4.79 Å². The second-order valence-electron chi connectivity index (χ2n) is 5.71. The van der Waals surface area contributed by atoms with Crippen molar-refractivity contribution >= 4 is 11.6 Å². The summed E-state index contributed by atoms with van der Waals surface area (Å²) >= 11 is 0. The molecule has 1 amide bonds. The number of hydrogen-bond donors (Lipinski definition) is 2. The van der Waals surface area contributed by atoms with Gasteiger partial charge in [-0.15, -0.1) is 0 Å². The van der Waals surface area contributed by atoms with Crippen molar-refractivity contribution in [1.82, 2.24) is 10.2 Å². The van der Waals surface area contributed by atoms with Gasteiger partial charge in [0.15, 0.2) is 0 Å². The lowest BCUT2D eigenvalue weighted by Gasteiger charge is -2.26. The largest absolute Gasteiger partial charge is 0.384 e. The summed E-state index contributed by atoms with van der Waals surface area (Å²) in [7, 11) is 0. The Morgan fingerprint density at radius 3 is 2.90 bits per heavy atom. The molecular weight excluding hydrogens is 250 g/mol. The molecule has 0 saturated carbocycles. The van der Waals surface area contributed by atoms with Gasteiger partial charge in [0.25, 0.3) is 0 Å². The molecule has 0 spiro atoms. The Kier molecular flexibility index (Phi) is 4.21. The summed E-state index contributed by atoms with van der Waals surface area (Å²) < 4.78 is 0. The molecule has 4 heteroatoms. The fraction of sp³-hybridized carbons (Fsp3) is 0.562. The second kappa shape index (κ2) is 6.27. The molecule has 2 aliphatic rings. The Balaban J connectivity index is 1.48. The zero-order valence-corrected chi connectivity index (χ0v) is 11.9. The molecule has 1 fully saturated rings. The topological polar surface area (TPSA) is 44.4 Å². The molecule has 1 atom stereocenters. The molecule has 1 aromatic carbocycles. The zero-order chi connectivity index (χ0) is 13.8. The summed E-state index contributed by atoms with van der Waals surface area (Å²) in [5.41, 5.74) is 2.23. The number of fused-ring (bicyclic) bond motifs is 1. The Labute approximate surface area is 120 Å². The van der Waals surface area contributed by atoms with Gasteiger partial charge in [-0.05, 0) is 37.6 Å². The van der Waals surface area contributed by atoms with Crippen molar-refractivity contribution in [1.29, 1.82) is 0 Å². The van der Waals surface area contributed by atoms with Crippen LogP contribution in [-0.4, -0.2) is 43.5 Å². The number of nitrogens with one attached hydrogen (secondary N) is 2. The minimum absolute atomic E-state index is 0.0347. The van der Waals surface area contributed by atoms with Crippen LogP contribution in [0.4, 0.5) is 5.69 Å².